The third-order valence-electron chi connectivity index (χ3n) is 3.84. The quantitative estimate of drug-likeness (QED) is 0.641. The molecule has 26 heavy (non-hydrogen) atoms. The highest BCUT2D eigenvalue weighted by Crippen LogP contribution is 2.09. The molecule has 0 aliphatic rings. The van der Waals surface area contributed by atoms with Crippen LogP contribution in [0.25, 0.3) is 10.8 Å². The smallest absolute Gasteiger partial charge is 0.273 e. The molecule has 0 aliphatic heterocycles. The van der Waals surface area contributed by atoms with E-state index in [-0.39, 0.29) is 23.2 Å². The van der Waals surface area contributed by atoms with Gasteiger partial charge in [0.2, 0.25) is 5.91 Å². The van der Waals surface area contributed by atoms with Gasteiger partial charge in [-0.2, -0.15) is 0 Å². The van der Waals surface area contributed by atoms with Crippen LogP contribution in [0.4, 0.5) is 5.69 Å². The van der Waals surface area contributed by atoms with Gasteiger partial charge in [-0.1, -0.05) is 12.1 Å². The second-order valence-electron chi connectivity index (χ2n) is 5.58. The molecule has 0 fully saturated rings. The lowest BCUT2D eigenvalue weighted by molar-refractivity contribution is -0.117. The topological polar surface area (TPSA) is 113 Å². The van der Waals surface area contributed by atoms with Crippen molar-refractivity contribution in [1.82, 2.24) is 15.1 Å². The minimum atomic E-state index is -0.481. The fourth-order valence-corrected chi connectivity index (χ4v) is 2.55. The number of carbonyl (C=O) groups excluding carboxylic acids is 2. The summed E-state index contributed by atoms with van der Waals surface area (Å²) in [5.74, 6) is -0.714. The maximum atomic E-state index is 12.4. The van der Waals surface area contributed by atoms with Crippen molar-refractivity contribution in [2.45, 2.75) is 6.54 Å². The molecule has 0 aliphatic carbocycles. The molecule has 0 bridgehead atoms. The van der Waals surface area contributed by atoms with Crippen LogP contribution in [-0.2, 0) is 11.3 Å². The van der Waals surface area contributed by atoms with Gasteiger partial charge in [-0.05, 0) is 36.4 Å². The lowest BCUT2D eigenvalue weighted by Crippen LogP contribution is -2.34. The maximum Gasteiger partial charge on any atom is 0.273 e. The Kier molecular flexibility index (Phi) is 4.66. The van der Waals surface area contributed by atoms with Crippen molar-refractivity contribution in [2.24, 2.45) is 0 Å². The number of aromatic nitrogens is 2. The molecule has 0 radical (unpaired) electrons. The lowest BCUT2D eigenvalue weighted by Gasteiger charge is -2.09. The van der Waals surface area contributed by atoms with Gasteiger partial charge in [0.05, 0.1) is 10.8 Å². The van der Waals surface area contributed by atoms with Gasteiger partial charge < -0.3 is 10.6 Å². The second-order valence-corrected chi connectivity index (χ2v) is 5.58. The van der Waals surface area contributed by atoms with E-state index in [1.165, 1.54) is 7.05 Å². The standard InChI is InChI=1S/C18H16N4O4/c1-19-16(24)11-6-8-12(9-7-11)20-15(23)10-22-18(26)14-5-3-2-4-13(14)17(25)21-22/h2-9H,10H2,1H3,(H,19,24)(H,20,23)(H,21,25). The Labute approximate surface area is 147 Å². The van der Waals surface area contributed by atoms with Crippen LogP contribution in [0.5, 0.6) is 0 Å². The van der Waals surface area contributed by atoms with Crippen LogP contribution in [0, 0.1) is 0 Å². The van der Waals surface area contributed by atoms with E-state index < -0.39 is 17.0 Å². The van der Waals surface area contributed by atoms with Crippen molar-refractivity contribution in [1.29, 1.82) is 0 Å². The number of hydrogen-bond donors (Lipinski definition) is 3. The number of rotatable bonds is 4. The van der Waals surface area contributed by atoms with Gasteiger partial charge in [-0.25, -0.2) is 4.68 Å². The van der Waals surface area contributed by atoms with Crippen LogP contribution in [0.2, 0.25) is 0 Å². The number of anilines is 1. The Morgan fingerprint density at radius 1 is 1.00 bits per heavy atom. The highest BCUT2D eigenvalue weighted by Gasteiger charge is 2.10. The Balaban J connectivity index is 1.79. The number of hydrogen-bond acceptors (Lipinski definition) is 4. The molecule has 1 heterocycles. The molecule has 0 saturated carbocycles. The monoisotopic (exact) mass is 352 g/mol. The molecule has 8 heteroatoms. The second kappa shape index (κ2) is 7.06. The van der Waals surface area contributed by atoms with Gasteiger partial charge in [0.15, 0.2) is 0 Å². The first-order chi connectivity index (χ1) is 12.5. The molecular formula is C18H16N4O4. The van der Waals surface area contributed by atoms with Crippen molar-refractivity contribution < 1.29 is 9.59 Å². The fraction of sp³-hybridized carbons (Fsp3) is 0.111. The van der Waals surface area contributed by atoms with Gasteiger partial charge in [-0.15, -0.1) is 0 Å². The zero-order chi connectivity index (χ0) is 18.7. The summed E-state index contributed by atoms with van der Waals surface area (Å²) in [5.41, 5.74) is 0.0349. The Morgan fingerprint density at radius 2 is 1.65 bits per heavy atom. The number of amides is 2. The first-order valence-corrected chi connectivity index (χ1v) is 7.83. The predicted octanol–water partition coefficient (Wildman–Crippen LogP) is 0.688. The van der Waals surface area contributed by atoms with E-state index in [2.05, 4.69) is 15.7 Å². The zero-order valence-electron chi connectivity index (χ0n) is 13.9. The molecule has 132 valence electrons. The van der Waals surface area contributed by atoms with Gasteiger partial charge in [0.1, 0.15) is 6.54 Å². The van der Waals surface area contributed by atoms with E-state index >= 15 is 0 Å². The van der Waals surface area contributed by atoms with Crippen LogP contribution >= 0.6 is 0 Å². The molecule has 0 saturated heterocycles. The lowest BCUT2D eigenvalue weighted by atomic mass is 10.2. The number of benzene rings is 2. The zero-order valence-corrected chi connectivity index (χ0v) is 13.9. The molecular weight excluding hydrogens is 336 g/mol. The Morgan fingerprint density at radius 3 is 2.31 bits per heavy atom. The Hall–Kier alpha value is -3.68. The fourth-order valence-electron chi connectivity index (χ4n) is 2.55. The minimum absolute atomic E-state index is 0.233. The Bertz CT molecular complexity index is 1100. The van der Waals surface area contributed by atoms with E-state index in [1.54, 1.807) is 48.5 Å². The third-order valence-corrected chi connectivity index (χ3v) is 3.84. The summed E-state index contributed by atoms with van der Waals surface area (Å²) in [6.07, 6.45) is 0. The molecule has 2 aromatic carbocycles. The number of carbonyl (C=O) groups is 2. The molecule has 8 nitrogen and oxygen atoms in total. The molecule has 1 aromatic heterocycles. The first kappa shape index (κ1) is 17.2. The summed E-state index contributed by atoms with van der Waals surface area (Å²) in [5, 5.41) is 8.05. The van der Waals surface area contributed by atoms with Crippen molar-refractivity contribution in [3.8, 4) is 0 Å². The van der Waals surface area contributed by atoms with Crippen LogP contribution in [0.15, 0.2) is 58.1 Å². The number of nitrogens with zero attached hydrogens (tertiary/aromatic N) is 1. The van der Waals surface area contributed by atoms with Crippen molar-refractivity contribution in [3.05, 3.63) is 74.8 Å². The highest BCUT2D eigenvalue weighted by molar-refractivity contribution is 5.95. The summed E-state index contributed by atoms with van der Waals surface area (Å²) in [4.78, 5) is 48.1. The highest BCUT2D eigenvalue weighted by atomic mass is 16.2. The summed E-state index contributed by atoms with van der Waals surface area (Å²) >= 11 is 0. The van der Waals surface area contributed by atoms with Crippen LogP contribution in [-0.4, -0.2) is 28.6 Å². The number of aromatic amines is 1. The van der Waals surface area contributed by atoms with E-state index in [0.717, 1.165) is 4.68 Å². The molecule has 3 rings (SSSR count). The summed E-state index contributed by atoms with van der Waals surface area (Å²) in [6.45, 7) is -0.337. The van der Waals surface area contributed by atoms with Crippen LogP contribution in [0.3, 0.4) is 0 Å². The third kappa shape index (κ3) is 3.39. The first-order valence-electron chi connectivity index (χ1n) is 7.83. The maximum absolute atomic E-state index is 12.4. The molecule has 3 aromatic rings. The molecule has 0 unspecified atom stereocenters. The molecule has 0 spiro atoms. The minimum Gasteiger partial charge on any atom is -0.355 e. The van der Waals surface area contributed by atoms with Crippen molar-refractivity contribution >= 4 is 28.3 Å². The van der Waals surface area contributed by atoms with Crippen molar-refractivity contribution in [3.63, 3.8) is 0 Å². The average molecular weight is 352 g/mol. The van der Waals surface area contributed by atoms with E-state index in [9.17, 15) is 19.2 Å². The van der Waals surface area contributed by atoms with Gasteiger partial charge in [0.25, 0.3) is 17.0 Å². The summed E-state index contributed by atoms with van der Waals surface area (Å²) in [6, 6.07) is 12.7. The summed E-state index contributed by atoms with van der Waals surface area (Å²) in [7, 11) is 1.53. The number of H-pyrrole nitrogens is 1. The SMILES string of the molecule is CNC(=O)c1ccc(NC(=O)Cn2[nH]c(=O)c3ccccc3c2=O)cc1. The molecule has 3 N–H and O–H groups in total. The van der Waals surface area contributed by atoms with Gasteiger partial charge in [0, 0.05) is 18.3 Å². The normalized spacial score (nSPS) is 10.5. The van der Waals surface area contributed by atoms with E-state index in [0.29, 0.717) is 11.3 Å². The van der Waals surface area contributed by atoms with Gasteiger partial charge >= 0.3 is 0 Å². The largest absolute Gasteiger partial charge is 0.355 e. The number of fused-ring (bicyclic) bond motifs is 1. The summed E-state index contributed by atoms with van der Waals surface area (Å²) < 4.78 is 0.971. The van der Waals surface area contributed by atoms with E-state index in [1.807, 2.05) is 0 Å². The molecule has 0 atom stereocenters. The van der Waals surface area contributed by atoms with Crippen LogP contribution < -0.4 is 21.8 Å². The van der Waals surface area contributed by atoms with Crippen molar-refractivity contribution in [2.75, 3.05) is 12.4 Å². The van der Waals surface area contributed by atoms with E-state index in [4.69, 9.17) is 0 Å². The number of nitrogens with one attached hydrogen (secondary N) is 3. The molecule has 2 amide bonds. The predicted molar refractivity (Wildman–Crippen MR) is 97.3 cm³/mol. The average Bonchev–Trinajstić information content (AvgIpc) is 2.66. The van der Waals surface area contributed by atoms with Crippen LogP contribution in [0.1, 0.15) is 10.4 Å². The van der Waals surface area contributed by atoms with Gasteiger partial charge in [-0.3, -0.25) is 24.3 Å².